The number of carbonyl (C=O) groups is 1. The molecule has 0 radical (unpaired) electrons. The summed E-state index contributed by atoms with van der Waals surface area (Å²) in [5.41, 5.74) is 3.49. The highest BCUT2D eigenvalue weighted by Crippen LogP contribution is 2.26. The topological polar surface area (TPSA) is 81.0 Å². The molecule has 8 nitrogen and oxygen atoms in total. The van der Waals surface area contributed by atoms with E-state index in [0.717, 1.165) is 55.5 Å². The Morgan fingerprint density at radius 1 is 1.16 bits per heavy atom. The highest BCUT2D eigenvalue weighted by atomic mass is 16.5. The van der Waals surface area contributed by atoms with Gasteiger partial charge in [0.2, 0.25) is 0 Å². The Balaban J connectivity index is 1.64. The normalized spacial score (nSPS) is 15.1. The van der Waals surface area contributed by atoms with Crippen LogP contribution in [0.4, 0.5) is 0 Å². The zero-order chi connectivity index (χ0) is 22.7. The van der Waals surface area contributed by atoms with Crippen LogP contribution in [0.5, 0.6) is 5.75 Å². The Morgan fingerprint density at radius 3 is 2.53 bits per heavy atom. The average molecular weight is 438 g/mol. The van der Waals surface area contributed by atoms with Crippen molar-refractivity contribution < 1.29 is 14.3 Å². The lowest BCUT2D eigenvalue weighted by Crippen LogP contribution is -2.41. The number of nitrogens with zero attached hydrogens (tertiary/aromatic N) is 4. The molecule has 3 heterocycles. The van der Waals surface area contributed by atoms with Gasteiger partial charge in [0, 0.05) is 43.2 Å². The van der Waals surface area contributed by atoms with Crippen LogP contribution >= 0.6 is 0 Å². The first kappa shape index (κ1) is 22.2. The second kappa shape index (κ2) is 9.26. The van der Waals surface area contributed by atoms with Gasteiger partial charge in [0.1, 0.15) is 11.4 Å². The summed E-state index contributed by atoms with van der Waals surface area (Å²) in [5, 5.41) is 7.76. The van der Waals surface area contributed by atoms with E-state index in [4.69, 9.17) is 19.6 Å². The van der Waals surface area contributed by atoms with E-state index >= 15 is 0 Å². The lowest BCUT2D eigenvalue weighted by Gasteiger charge is -2.26. The van der Waals surface area contributed by atoms with E-state index in [0.29, 0.717) is 17.9 Å². The van der Waals surface area contributed by atoms with Crippen molar-refractivity contribution in [3.05, 3.63) is 47.8 Å². The fourth-order valence-corrected chi connectivity index (χ4v) is 3.66. The minimum atomic E-state index is -0.163. The Bertz CT molecular complexity index is 1080. The van der Waals surface area contributed by atoms with E-state index in [1.807, 2.05) is 30.3 Å². The van der Waals surface area contributed by atoms with Crippen LogP contribution in [0.3, 0.4) is 0 Å². The van der Waals surface area contributed by atoms with E-state index in [-0.39, 0.29) is 11.3 Å². The summed E-state index contributed by atoms with van der Waals surface area (Å²) in [6.07, 6.45) is 0. The fraction of sp³-hybridized carbons (Fsp3) is 0.458. The predicted molar refractivity (Wildman–Crippen MR) is 123 cm³/mol. The second-order valence-corrected chi connectivity index (χ2v) is 9.01. The largest absolute Gasteiger partial charge is 0.497 e. The molecule has 1 amide bonds. The first-order chi connectivity index (χ1) is 15.3. The number of carbonyl (C=O) groups excluding carboxylic acids is 1. The molecule has 0 atom stereocenters. The number of benzene rings is 1. The summed E-state index contributed by atoms with van der Waals surface area (Å²) < 4.78 is 12.3. The number of methoxy groups -OCH3 is 1. The van der Waals surface area contributed by atoms with Crippen molar-refractivity contribution in [1.82, 2.24) is 24.8 Å². The molecule has 0 spiro atoms. The van der Waals surface area contributed by atoms with E-state index < -0.39 is 0 Å². The number of nitrogens with one attached hydrogen (secondary N) is 1. The van der Waals surface area contributed by atoms with Crippen LogP contribution in [0.1, 0.15) is 37.0 Å². The molecular formula is C24H31N5O3. The molecule has 4 rings (SSSR count). The number of fused-ring (bicyclic) bond motifs is 1. The summed E-state index contributed by atoms with van der Waals surface area (Å²) in [7, 11) is 1.64. The molecule has 0 saturated carbocycles. The molecule has 1 aliphatic rings. The zero-order valence-electron chi connectivity index (χ0n) is 19.2. The predicted octanol–water partition coefficient (Wildman–Crippen LogP) is 2.76. The summed E-state index contributed by atoms with van der Waals surface area (Å²) in [4.78, 5) is 20.3. The Kier molecular flexibility index (Phi) is 6.43. The van der Waals surface area contributed by atoms with Crippen molar-refractivity contribution in [2.24, 2.45) is 0 Å². The average Bonchev–Trinajstić information content (AvgIpc) is 3.24. The molecule has 0 unspecified atom stereocenters. The molecule has 0 bridgehead atoms. The van der Waals surface area contributed by atoms with Crippen LogP contribution in [0, 0.1) is 0 Å². The van der Waals surface area contributed by atoms with Gasteiger partial charge in [-0.2, -0.15) is 5.10 Å². The van der Waals surface area contributed by atoms with Crippen molar-refractivity contribution in [2.75, 3.05) is 46.5 Å². The lowest BCUT2D eigenvalue weighted by molar-refractivity contribution is 0.0383. The third-order valence-electron chi connectivity index (χ3n) is 5.63. The highest BCUT2D eigenvalue weighted by molar-refractivity contribution is 5.94. The van der Waals surface area contributed by atoms with Crippen molar-refractivity contribution in [1.29, 1.82) is 0 Å². The Morgan fingerprint density at radius 2 is 1.88 bits per heavy atom. The van der Waals surface area contributed by atoms with E-state index in [1.54, 1.807) is 17.7 Å². The molecule has 1 saturated heterocycles. The maximum Gasteiger partial charge on any atom is 0.270 e. The van der Waals surface area contributed by atoms with Gasteiger partial charge in [0.25, 0.3) is 5.91 Å². The maximum atomic E-state index is 13.2. The van der Waals surface area contributed by atoms with Crippen molar-refractivity contribution in [3.63, 3.8) is 0 Å². The Hall–Kier alpha value is -2.97. The van der Waals surface area contributed by atoms with Crippen LogP contribution in [-0.2, 0) is 10.2 Å². The van der Waals surface area contributed by atoms with Crippen LogP contribution < -0.4 is 10.1 Å². The molecule has 0 aliphatic carbocycles. The monoisotopic (exact) mass is 437 g/mol. The van der Waals surface area contributed by atoms with Crippen LogP contribution in [0.15, 0.2) is 36.4 Å². The second-order valence-electron chi connectivity index (χ2n) is 9.01. The van der Waals surface area contributed by atoms with Crippen molar-refractivity contribution >= 4 is 11.6 Å². The molecule has 1 N–H and O–H groups in total. The third-order valence-corrected chi connectivity index (χ3v) is 5.63. The molecule has 3 aromatic rings. The SMILES string of the molecule is COc1ccc(-c2cc(C(=O)NCCN3CCOCC3)n3nc(C(C)(C)C)cc3n2)cc1. The number of aromatic nitrogens is 3. The first-order valence-electron chi connectivity index (χ1n) is 11.0. The number of ether oxygens (including phenoxy) is 2. The van der Waals surface area contributed by atoms with Gasteiger partial charge in [-0.3, -0.25) is 9.69 Å². The van der Waals surface area contributed by atoms with Gasteiger partial charge in [0.15, 0.2) is 5.65 Å². The minimum Gasteiger partial charge on any atom is -0.497 e. The van der Waals surface area contributed by atoms with Crippen LogP contribution in [0.2, 0.25) is 0 Å². The number of morpholine rings is 1. The van der Waals surface area contributed by atoms with Gasteiger partial charge in [-0.25, -0.2) is 9.50 Å². The molecule has 8 heteroatoms. The molecule has 1 fully saturated rings. The Labute approximate surface area is 188 Å². The molecular weight excluding hydrogens is 406 g/mol. The van der Waals surface area contributed by atoms with Gasteiger partial charge >= 0.3 is 0 Å². The number of rotatable bonds is 6. The van der Waals surface area contributed by atoms with Crippen LogP contribution in [-0.4, -0.2) is 71.9 Å². The highest BCUT2D eigenvalue weighted by Gasteiger charge is 2.22. The van der Waals surface area contributed by atoms with Gasteiger partial charge < -0.3 is 14.8 Å². The molecule has 170 valence electrons. The quantitative estimate of drug-likeness (QED) is 0.639. The van der Waals surface area contributed by atoms with Gasteiger partial charge in [-0.1, -0.05) is 20.8 Å². The number of amides is 1. The maximum absolute atomic E-state index is 13.2. The standard InChI is InChI=1S/C24H31N5O3/c1-24(2,3)21-16-22-26-19(17-5-7-18(31-4)8-6-17)15-20(29(22)27-21)23(30)25-9-10-28-11-13-32-14-12-28/h5-8,15-16H,9-14H2,1-4H3,(H,25,30). The minimum absolute atomic E-state index is 0.155. The van der Waals surface area contributed by atoms with Gasteiger partial charge in [0.05, 0.1) is 31.7 Å². The fourth-order valence-electron chi connectivity index (χ4n) is 3.66. The summed E-state index contributed by atoms with van der Waals surface area (Å²) >= 11 is 0. The summed E-state index contributed by atoms with van der Waals surface area (Å²) in [6.45, 7) is 10.9. The number of hydrogen-bond acceptors (Lipinski definition) is 6. The van der Waals surface area contributed by atoms with Crippen molar-refractivity contribution in [2.45, 2.75) is 26.2 Å². The summed E-state index contributed by atoms with van der Waals surface area (Å²) in [6, 6.07) is 11.4. The van der Waals surface area contributed by atoms with E-state index in [2.05, 4.69) is 31.0 Å². The summed E-state index contributed by atoms with van der Waals surface area (Å²) in [5.74, 6) is 0.610. The van der Waals surface area contributed by atoms with Crippen molar-refractivity contribution in [3.8, 4) is 17.0 Å². The van der Waals surface area contributed by atoms with Gasteiger partial charge in [-0.05, 0) is 30.3 Å². The smallest absolute Gasteiger partial charge is 0.270 e. The lowest BCUT2D eigenvalue weighted by atomic mass is 9.93. The van der Waals surface area contributed by atoms with Crippen LogP contribution in [0.25, 0.3) is 16.9 Å². The third kappa shape index (κ3) is 4.92. The molecule has 2 aromatic heterocycles. The molecule has 1 aliphatic heterocycles. The molecule has 32 heavy (non-hydrogen) atoms. The number of hydrogen-bond donors (Lipinski definition) is 1. The van der Waals surface area contributed by atoms with E-state index in [9.17, 15) is 4.79 Å². The van der Waals surface area contributed by atoms with Gasteiger partial charge in [-0.15, -0.1) is 0 Å². The zero-order valence-corrected chi connectivity index (χ0v) is 19.2. The van der Waals surface area contributed by atoms with E-state index in [1.165, 1.54) is 0 Å². The first-order valence-corrected chi connectivity index (χ1v) is 11.0. The molecule has 1 aromatic carbocycles.